The molecule has 1 aliphatic heterocycles. The van der Waals surface area contributed by atoms with Gasteiger partial charge in [0.2, 0.25) is 0 Å². The van der Waals surface area contributed by atoms with Crippen LogP contribution in [0.3, 0.4) is 0 Å². The highest BCUT2D eigenvalue weighted by atomic mass is 32.1. The monoisotopic (exact) mass is 394 g/mol. The predicted molar refractivity (Wildman–Crippen MR) is 110 cm³/mol. The van der Waals surface area contributed by atoms with Gasteiger partial charge in [-0.05, 0) is 38.5 Å². The van der Waals surface area contributed by atoms with Gasteiger partial charge in [0, 0.05) is 42.8 Å². The number of carbonyl (C=O) groups excluding carboxylic acids is 2. The molecule has 0 unspecified atom stereocenters. The zero-order chi connectivity index (χ0) is 19.8. The van der Waals surface area contributed by atoms with E-state index in [0.717, 1.165) is 32.2 Å². The van der Waals surface area contributed by atoms with E-state index >= 15 is 0 Å². The van der Waals surface area contributed by atoms with Crippen LogP contribution in [0.2, 0.25) is 0 Å². The normalized spacial score (nSPS) is 14.5. The van der Waals surface area contributed by atoms with Crippen LogP contribution in [0.1, 0.15) is 37.1 Å². The van der Waals surface area contributed by atoms with Gasteiger partial charge in [0.25, 0.3) is 11.8 Å². The summed E-state index contributed by atoms with van der Waals surface area (Å²) in [6, 6.07) is 9.28. The number of rotatable bonds is 2. The first-order chi connectivity index (χ1) is 13.5. The number of piperazine rings is 1. The van der Waals surface area contributed by atoms with Crippen molar-refractivity contribution in [2.75, 3.05) is 26.2 Å². The standard InChI is InChI=1S/C21H22N4O2S/c1-13-17-14(2)22-15(3)23-19(17)28-18(13)21(27)25-11-9-24(10-12-25)20(26)16-7-5-4-6-8-16/h4-8H,9-12H2,1-3H3. The third-order valence-electron chi connectivity index (χ3n) is 5.15. The number of hydrogen-bond acceptors (Lipinski definition) is 5. The second-order valence-corrected chi connectivity index (χ2v) is 8.04. The number of thiophene rings is 1. The molecule has 0 bridgehead atoms. The predicted octanol–water partition coefficient (Wildman–Crippen LogP) is 3.21. The van der Waals surface area contributed by atoms with Crippen LogP contribution in [0, 0.1) is 20.8 Å². The molecule has 0 aliphatic carbocycles. The van der Waals surface area contributed by atoms with Crippen molar-refractivity contribution in [3.8, 4) is 0 Å². The Bertz CT molecular complexity index is 1050. The summed E-state index contributed by atoms with van der Waals surface area (Å²) in [5, 5.41) is 0.983. The summed E-state index contributed by atoms with van der Waals surface area (Å²) >= 11 is 1.44. The minimum absolute atomic E-state index is 0.0179. The molecule has 0 saturated carbocycles. The third kappa shape index (κ3) is 3.26. The van der Waals surface area contributed by atoms with E-state index in [1.807, 2.05) is 60.9 Å². The smallest absolute Gasteiger partial charge is 0.264 e. The van der Waals surface area contributed by atoms with Gasteiger partial charge >= 0.3 is 0 Å². The van der Waals surface area contributed by atoms with E-state index in [4.69, 9.17) is 0 Å². The van der Waals surface area contributed by atoms with Gasteiger partial charge in [-0.3, -0.25) is 9.59 Å². The minimum atomic E-state index is 0.0179. The summed E-state index contributed by atoms with van der Waals surface area (Å²) in [7, 11) is 0. The molecule has 7 heteroatoms. The first-order valence-corrected chi connectivity index (χ1v) is 10.2. The average Bonchev–Trinajstić information content (AvgIpc) is 3.04. The maximum atomic E-state index is 13.1. The number of fused-ring (bicyclic) bond motifs is 1. The Morgan fingerprint density at radius 2 is 1.50 bits per heavy atom. The lowest BCUT2D eigenvalue weighted by Gasteiger charge is -2.34. The van der Waals surface area contributed by atoms with Crippen molar-refractivity contribution in [2.45, 2.75) is 20.8 Å². The van der Waals surface area contributed by atoms with Crippen LogP contribution in [0.15, 0.2) is 30.3 Å². The molecule has 3 heterocycles. The molecule has 0 radical (unpaired) electrons. The Kier molecular flexibility index (Phi) is 4.85. The summed E-state index contributed by atoms with van der Waals surface area (Å²) < 4.78 is 0. The second-order valence-electron chi connectivity index (χ2n) is 7.04. The first-order valence-electron chi connectivity index (χ1n) is 9.33. The lowest BCUT2D eigenvalue weighted by atomic mass is 10.1. The molecule has 2 aromatic heterocycles. The second kappa shape index (κ2) is 7.31. The quantitative estimate of drug-likeness (QED) is 0.669. The summed E-state index contributed by atoms with van der Waals surface area (Å²) in [4.78, 5) is 39.9. The van der Waals surface area contributed by atoms with Crippen molar-refractivity contribution in [2.24, 2.45) is 0 Å². The van der Waals surface area contributed by atoms with Gasteiger partial charge in [0.1, 0.15) is 10.7 Å². The van der Waals surface area contributed by atoms with Crippen LogP contribution < -0.4 is 0 Å². The molecule has 6 nitrogen and oxygen atoms in total. The largest absolute Gasteiger partial charge is 0.335 e. The molecule has 2 amide bonds. The summed E-state index contributed by atoms with van der Waals surface area (Å²) in [6.07, 6.45) is 0. The number of nitrogens with zero attached hydrogens (tertiary/aromatic N) is 4. The molecule has 0 N–H and O–H groups in total. The number of aromatic nitrogens is 2. The van der Waals surface area contributed by atoms with Crippen molar-refractivity contribution >= 4 is 33.4 Å². The van der Waals surface area contributed by atoms with Gasteiger partial charge in [-0.2, -0.15) is 0 Å². The summed E-state index contributed by atoms with van der Waals surface area (Å²) in [6.45, 7) is 7.95. The van der Waals surface area contributed by atoms with Crippen molar-refractivity contribution in [3.05, 3.63) is 57.9 Å². The zero-order valence-electron chi connectivity index (χ0n) is 16.2. The lowest BCUT2D eigenvalue weighted by Crippen LogP contribution is -2.50. The SMILES string of the molecule is Cc1nc(C)c2c(C)c(C(=O)N3CCN(C(=O)c4ccccc4)CC3)sc2n1. The zero-order valence-corrected chi connectivity index (χ0v) is 17.0. The number of amides is 2. The third-order valence-corrected chi connectivity index (χ3v) is 6.33. The molecular weight excluding hydrogens is 372 g/mol. The fraction of sp³-hybridized carbons (Fsp3) is 0.333. The van der Waals surface area contributed by atoms with Crippen LogP contribution >= 0.6 is 11.3 Å². The molecule has 3 aromatic rings. The van der Waals surface area contributed by atoms with Gasteiger partial charge in [0.05, 0.1) is 4.88 Å². The van der Waals surface area contributed by atoms with Crippen LogP contribution in [0.25, 0.3) is 10.2 Å². The summed E-state index contributed by atoms with van der Waals surface area (Å²) in [5.74, 6) is 0.759. The molecule has 4 rings (SSSR count). The lowest BCUT2D eigenvalue weighted by molar-refractivity contribution is 0.0538. The van der Waals surface area contributed by atoms with E-state index in [9.17, 15) is 9.59 Å². The summed E-state index contributed by atoms with van der Waals surface area (Å²) in [5.41, 5.74) is 2.55. The number of carbonyl (C=O) groups is 2. The Labute approximate surface area is 167 Å². The maximum Gasteiger partial charge on any atom is 0.264 e. The Balaban J connectivity index is 1.50. The van der Waals surface area contributed by atoms with Crippen LogP contribution in [-0.4, -0.2) is 57.8 Å². The van der Waals surface area contributed by atoms with Gasteiger partial charge < -0.3 is 9.80 Å². The van der Waals surface area contributed by atoms with Crippen molar-refractivity contribution in [1.82, 2.24) is 19.8 Å². The molecular formula is C21H22N4O2S. The highest BCUT2D eigenvalue weighted by Gasteiger charge is 2.28. The van der Waals surface area contributed by atoms with E-state index in [0.29, 0.717) is 31.7 Å². The average molecular weight is 395 g/mol. The minimum Gasteiger partial charge on any atom is -0.335 e. The highest BCUT2D eigenvalue weighted by molar-refractivity contribution is 7.20. The molecule has 0 atom stereocenters. The Hall–Kier alpha value is -2.80. The van der Waals surface area contributed by atoms with Crippen LogP contribution in [-0.2, 0) is 0 Å². The van der Waals surface area contributed by atoms with E-state index in [1.54, 1.807) is 0 Å². The first kappa shape index (κ1) is 18.6. The maximum absolute atomic E-state index is 13.1. The number of hydrogen-bond donors (Lipinski definition) is 0. The topological polar surface area (TPSA) is 66.4 Å². The van der Waals surface area contributed by atoms with Gasteiger partial charge in [-0.1, -0.05) is 18.2 Å². The molecule has 28 heavy (non-hydrogen) atoms. The molecule has 144 valence electrons. The van der Waals surface area contributed by atoms with E-state index in [2.05, 4.69) is 9.97 Å². The van der Waals surface area contributed by atoms with Gasteiger partial charge in [-0.25, -0.2) is 9.97 Å². The van der Waals surface area contributed by atoms with Gasteiger partial charge in [-0.15, -0.1) is 11.3 Å². The van der Waals surface area contributed by atoms with E-state index in [-0.39, 0.29) is 11.8 Å². The van der Waals surface area contributed by atoms with Crippen LogP contribution in [0.4, 0.5) is 0 Å². The molecule has 1 saturated heterocycles. The molecule has 1 aliphatic rings. The fourth-order valence-corrected chi connectivity index (χ4v) is 4.94. The molecule has 0 spiro atoms. The van der Waals surface area contributed by atoms with Crippen molar-refractivity contribution in [3.63, 3.8) is 0 Å². The Morgan fingerprint density at radius 3 is 2.14 bits per heavy atom. The van der Waals surface area contributed by atoms with E-state index < -0.39 is 0 Å². The highest BCUT2D eigenvalue weighted by Crippen LogP contribution is 2.32. The van der Waals surface area contributed by atoms with E-state index in [1.165, 1.54) is 11.3 Å². The Morgan fingerprint density at radius 1 is 0.893 bits per heavy atom. The number of aryl methyl sites for hydroxylation is 3. The molecule has 1 fully saturated rings. The van der Waals surface area contributed by atoms with Crippen LogP contribution in [0.5, 0.6) is 0 Å². The van der Waals surface area contributed by atoms with Crippen molar-refractivity contribution in [1.29, 1.82) is 0 Å². The number of benzene rings is 1. The van der Waals surface area contributed by atoms with Gasteiger partial charge in [0.15, 0.2) is 0 Å². The van der Waals surface area contributed by atoms with Crippen molar-refractivity contribution < 1.29 is 9.59 Å². The fourth-order valence-electron chi connectivity index (χ4n) is 3.70. The molecule has 1 aromatic carbocycles.